The highest BCUT2D eigenvalue weighted by molar-refractivity contribution is 7.13. The molecule has 0 saturated carbocycles. The second kappa shape index (κ2) is 5.23. The van der Waals surface area contributed by atoms with Crippen LogP contribution >= 0.6 is 11.3 Å². The molecule has 0 amide bonds. The Balaban J connectivity index is 2.17. The maximum Gasteiger partial charge on any atom is 0.0844 e. The molecule has 0 bridgehead atoms. The van der Waals surface area contributed by atoms with Gasteiger partial charge in [-0.1, -0.05) is 12.1 Å². The molecule has 0 radical (unpaired) electrons. The van der Waals surface area contributed by atoms with Crippen molar-refractivity contribution in [1.29, 1.82) is 0 Å². The fourth-order valence-corrected chi connectivity index (χ4v) is 2.91. The van der Waals surface area contributed by atoms with Crippen LogP contribution in [-0.2, 0) is 6.54 Å². The number of hydrogen-bond donors (Lipinski definition) is 1. The molecule has 1 aromatic carbocycles. The fraction of sp³-hybridized carbons (Fsp3) is 0.188. The number of rotatable bonds is 3. The Morgan fingerprint density at radius 2 is 2.00 bits per heavy atom. The average Bonchev–Trinajstić information content (AvgIpc) is 3.09. The van der Waals surface area contributed by atoms with Gasteiger partial charge in [-0.25, -0.2) is 4.68 Å². The first-order valence-corrected chi connectivity index (χ1v) is 7.47. The lowest BCUT2D eigenvalue weighted by Crippen LogP contribution is -2.02. The van der Waals surface area contributed by atoms with Crippen LogP contribution in [0.25, 0.3) is 16.3 Å². The van der Waals surface area contributed by atoms with Gasteiger partial charge in [-0.3, -0.25) is 0 Å². The van der Waals surface area contributed by atoms with Crippen molar-refractivity contribution in [3.63, 3.8) is 0 Å². The van der Waals surface area contributed by atoms with Crippen LogP contribution in [-0.4, -0.2) is 9.78 Å². The molecule has 2 aromatic heterocycles. The first kappa shape index (κ1) is 13.1. The van der Waals surface area contributed by atoms with Crippen LogP contribution in [0.4, 0.5) is 0 Å². The Labute approximate surface area is 122 Å². The van der Waals surface area contributed by atoms with E-state index in [0.717, 1.165) is 17.1 Å². The summed E-state index contributed by atoms with van der Waals surface area (Å²) in [6.45, 7) is 4.70. The van der Waals surface area contributed by atoms with Crippen molar-refractivity contribution in [3.8, 4) is 16.3 Å². The summed E-state index contributed by atoms with van der Waals surface area (Å²) in [5, 5.41) is 6.70. The van der Waals surface area contributed by atoms with Crippen LogP contribution < -0.4 is 5.73 Å². The van der Waals surface area contributed by atoms with E-state index in [4.69, 9.17) is 5.73 Å². The maximum atomic E-state index is 5.75. The molecule has 0 aliphatic heterocycles. The molecule has 2 heterocycles. The normalized spacial score (nSPS) is 10.9. The summed E-state index contributed by atoms with van der Waals surface area (Å²) in [5.74, 6) is 0. The maximum absolute atomic E-state index is 5.75. The number of nitrogens with two attached hydrogens (primary N) is 1. The van der Waals surface area contributed by atoms with Gasteiger partial charge in [0.25, 0.3) is 0 Å². The van der Waals surface area contributed by atoms with Gasteiger partial charge in [0.05, 0.1) is 22.0 Å². The molecule has 0 aliphatic carbocycles. The van der Waals surface area contributed by atoms with E-state index in [2.05, 4.69) is 60.7 Å². The number of hydrogen-bond acceptors (Lipinski definition) is 3. The van der Waals surface area contributed by atoms with E-state index in [1.54, 1.807) is 11.3 Å². The SMILES string of the molecule is Cc1ccc(-n2nc(CN)cc2-c2cccs2)cc1C. The van der Waals surface area contributed by atoms with Crippen LogP contribution in [0, 0.1) is 13.8 Å². The van der Waals surface area contributed by atoms with Gasteiger partial charge in [0.1, 0.15) is 0 Å². The zero-order valence-electron chi connectivity index (χ0n) is 11.6. The Bertz CT molecular complexity index is 726. The minimum absolute atomic E-state index is 0.455. The summed E-state index contributed by atoms with van der Waals surface area (Å²) in [5.41, 5.74) is 11.4. The Morgan fingerprint density at radius 1 is 1.15 bits per heavy atom. The van der Waals surface area contributed by atoms with Gasteiger partial charge in [-0.05, 0) is 54.6 Å². The van der Waals surface area contributed by atoms with E-state index in [1.165, 1.54) is 16.0 Å². The van der Waals surface area contributed by atoms with Crippen LogP contribution in [0.2, 0.25) is 0 Å². The summed E-state index contributed by atoms with van der Waals surface area (Å²) in [6, 6.07) is 12.6. The summed E-state index contributed by atoms with van der Waals surface area (Å²) in [6.07, 6.45) is 0. The van der Waals surface area contributed by atoms with Crippen molar-refractivity contribution in [3.05, 3.63) is 58.6 Å². The van der Waals surface area contributed by atoms with E-state index in [-0.39, 0.29) is 0 Å². The Morgan fingerprint density at radius 3 is 2.65 bits per heavy atom. The van der Waals surface area contributed by atoms with Crippen molar-refractivity contribution in [2.24, 2.45) is 5.73 Å². The number of aromatic nitrogens is 2. The number of thiophene rings is 1. The fourth-order valence-electron chi connectivity index (χ4n) is 2.18. The first-order valence-electron chi connectivity index (χ1n) is 6.59. The zero-order chi connectivity index (χ0) is 14.1. The number of nitrogens with zero attached hydrogens (tertiary/aromatic N) is 2. The van der Waals surface area contributed by atoms with Gasteiger partial charge in [0.2, 0.25) is 0 Å². The van der Waals surface area contributed by atoms with Gasteiger partial charge < -0.3 is 5.73 Å². The van der Waals surface area contributed by atoms with Crippen LogP contribution in [0.5, 0.6) is 0 Å². The molecule has 102 valence electrons. The quantitative estimate of drug-likeness (QED) is 0.797. The largest absolute Gasteiger partial charge is 0.325 e. The summed E-state index contributed by atoms with van der Waals surface area (Å²) < 4.78 is 1.99. The van der Waals surface area contributed by atoms with E-state index < -0.39 is 0 Å². The van der Waals surface area contributed by atoms with Gasteiger partial charge >= 0.3 is 0 Å². The minimum Gasteiger partial charge on any atom is -0.325 e. The third-order valence-electron chi connectivity index (χ3n) is 3.48. The molecule has 0 spiro atoms. The van der Waals surface area contributed by atoms with Crippen molar-refractivity contribution in [2.75, 3.05) is 0 Å². The highest BCUT2D eigenvalue weighted by Crippen LogP contribution is 2.28. The van der Waals surface area contributed by atoms with Crippen LogP contribution in [0.1, 0.15) is 16.8 Å². The monoisotopic (exact) mass is 283 g/mol. The molecule has 3 rings (SSSR count). The molecule has 0 unspecified atom stereocenters. The second-order valence-corrected chi connectivity index (χ2v) is 5.83. The highest BCUT2D eigenvalue weighted by Gasteiger charge is 2.12. The molecule has 0 saturated heterocycles. The van der Waals surface area contributed by atoms with Gasteiger partial charge in [0.15, 0.2) is 0 Å². The minimum atomic E-state index is 0.455. The molecule has 0 fully saturated rings. The lowest BCUT2D eigenvalue weighted by molar-refractivity contribution is 0.838. The summed E-state index contributed by atoms with van der Waals surface area (Å²) in [4.78, 5) is 1.20. The summed E-state index contributed by atoms with van der Waals surface area (Å²) >= 11 is 1.71. The molecular formula is C16H17N3S. The van der Waals surface area contributed by atoms with Gasteiger partial charge in [-0.2, -0.15) is 5.10 Å². The number of benzene rings is 1. The van der Waals surface area contributed by atoms with E-state index >= 15 is 0 Å². The lowest BCUT2D eigenvalue weighted by Gasteiger charge is -2.08. The van der Waals surface area contributed by atoms with Crippen molar-refractivity contribution in [2.45, 2.75) is 20.4 Å². The summed E-state index contributed by atoms with van der Waals surface area (Å²) in [7, 11) is 0. The molecule has 3 nitrogen and oxygen atoms in total. The van der Waals surface area contributed by atoms with Crippen LogP contribution in [0.3, 0.4) is 0 Å². The Kier molecular flexibility index (Phi) is 3.42. The predicted molar refractivity (Wildman–Crippen MR) is 84.2 cm³/mol. The zero-order valence-corrected chi connectivity index (χ0v) is 12.4. The topological polar surface area (TPSA) is 43.8 Å². The molecular weight excluding hydrogens is 266 g/mol. The van der Waals surface area contributed by atoms with Crippen molar-refractivity contribution >= 4 is 11.3 Å². The number of aryl methyl sites for hydroxylation is 2. The molecule has 4 heteroatoms. The molecule has 0 atom stereocenters. The predicted octanol–water partition coefficient (Wildman–Crippen LogP) is 3.68. The molecule has 3 aromatic rings. The van der Waals surface area contributed by atoms with E-state index in [1.807, 2.05) is 4.68 Å². The highest BCUT2D eigenvalue weighted by atomic mass is 32.1. The van der Waals surface area contributed by atoms with E-state index in [0.29, 0.717) is 6.54 Å². The third kappa shape index (κ3) is 2.28. The van der Waals surface area contributed by atoms with Gasteiger partial charge in [0, 0.05) is 6.54 Å². The lowest BCUT2D eigenvalue weighted by atomic mass is 10.1. The molecule has 2 N–H and O–H groups in total. The van der Waals surface area contributed by atoms with Gasteiger partial charge in [-0.15, -0.1) is 11.3 Å². The average molecular weight is 283 g/mol. The third-order valence-corrected chi connectivity index (χ3v) is 4.37. The van der Waals surface area contributed by atoms with Crippen molar-refractivity contribution in [1.82, 2.24) is 9.78 Å². The van der Waals surface area contributed by atoms with Crippen molar-refractivity contribution < 1.29 is 0 Å². The molecule has 20 heavy (non-hydrogen) atoms. The van der Waals surface area contributed by atoms with E-state index in [9.17, 15) is 0 Å². The smallest absolute Gasteiger partial charge is 0.0844 e. The standard InChI is InChI=1S/C16H17N3S/c1-11-5-6-14(8-12(11)2)19-15(9-13(10-17)18-19)16-4-3-7-20-16/h3-9H,10,17H2,1-2H3. The second-order valence-electron chi connectivity index (χ2n) is 4.88. The Hall–Kier alpha value is -1.91. The first-order chi connectivity index (χ1) is 9.69. The van der Waals surface area contributed by atoms with Crippen LogP contribution in [0.15, 0.2) is 41.8 Å². The molecule has 0 aliphatic rings.